The second kappa shape index (κ2) is 8.89. The second-order valence-corrected chi connectivity index (χ2v) is 10.2. The molecule has 4 rings (SSSR count). The smallest absolute Gasteiger partial charge is 0.257 e. The van der Waals surface area contributed by atoms with Crippen LogP contribution in [0.3, 0.4) is 0 Å². The van der Waals surface area contributed by atoms with Gasteiger partial charge in [-0.3, -0.25) is 10.1 Å². The van der Waals surface area contributed by atoms with Gasteiger partial charge in [-0.15, -0.1) is 11.3 Å². The Hall–Kier alpha value is -2.95. The molecule has 0 unspecified atom stereocenters. The molecule has 1 aliphatic carbocycles. The minimum Gasteiger partial charge on any atom is -0.497 e. The summed E-state index contributed by atoms with van der Waals surface area (Å²) in [6, 6.07) is 11.4. The number of nitrogens with zero attached hydrogens (tertiary/aromatic N) is 2. The van der Waals surface area contributed by atoms with Gasteiger partial charge in [-0.2, -0.15) is 4.31 Å². The molecule has 8 nitrogen and oxygen atoms in total. The molecule has 0 atom stereocenters. The van der Waals surface area contributed by atoms with Crippen LogP contribution in [0.15, 0.2) is 52.7 Å². The fourth-order valence-corrected chi connectivity index (χ4v) is 5.33. The van der Waals surface area contributed by atoms with Gasteiger partial charge in [0.25, 0.3) is 5.91 Å². The number of hydrogen-bond acceptors (Lipinski definition) is 7. The second-order valence-electron chi connectivity index (χ2n) is 7.34. The molecule has 1 fully saturated rings. The van der Waals surface area contributed by atoms with Crippen LogP contribution in [0.1, 0.15) is 23.2 Å². The molecule has 32 heavy (non-hydrogen) atoms. The number of benzene rings is 2. The number of sulfonamides is 1. The van der Waals surface area contributed by atoms with Gasteiger partial charge in [0.15, 0.2) is 5.13 Å². The lowest BCUT2D eigenvalue weighted by Gasteiger charge is -2.16. The van der Waals surface area contributed by atoms with Gasteiger partial charge in [0, 0.05) is 35.7 Å². The van der Waals surface area contributed by atoms with E-state index in [2.05, 4.69) is 10.3 Å². The molecule has 0 aliphatic heterocycles. The summed E-state index contributed by atoms with van der Waals surface area (Å²) in [5.74, 6) is 0.913. The Morgan fingerprint density at radius 1 is 1.12 bits per heavy atom. The molecule has 1 heterocycles. The van der Waals surface area contributed by atoms with Crippen molar-refractivity contribution in [3.63, 3.8) is 0 Å². The number of thiazole rings is 1. The third kappa shape index (κ3) is 4.47. The van der Waals surface area contributed by atoms with Crippen LogP contribution in [0.25, 0.3) is 11.3 Å². The molecule has 0 radical (unpaired) electrons. The first-order valence-electron chi connectivity index (χ1n) is 9.91. The van der Waals surface area contributed by atoms with Gasteiger partial charge in [0.05, 0.1) is 24.8 Å². The number of hydrogen-bond donors (Lipinski definition) is 1. The molecular weight excluding hydrogens is 450 g/mol. The molecule has 10 heteroatoms. The van der Waals surface area contributed by atoms with E-state index < -0.39 is 10.0 Å². The van der Waals surface area contributed by atoms with Crippen LogP contribution in [0.4, 0.5) is 5.13 Å². The highest BCUT2D eigenvalue weighted by molar-refractivity contribution is 7.89. The number of aromatic nitrogens is 1. The van der Waals surface area contributed by atoms with Gasteiger partial charge in [-0.1, -0.05) is 0 Å². The van der Waals surface area contributed by atoms with Crippen LogP contribution in [-0.4, -0.2) is 50.9 Å². The van der Waals surface area contributed by atoms with Crippen LogP contribution in [-0.2, 0) is 10.0 Å². The molecular formula is C22H23N3O5S2. The van der Waals surface area contributed by atoms with Crippen LogP contribution in [0, 0.1) is 0 Å². The van der Waals surface area contributed by atoms with Gasteiger partial charge >= 0.3 is 0 Å². The first kappa shape index (κ1) is 22.3. The minimum atomic E-state index is -3.55. The van der Waals surface area contributed by atoms with Gasteiger partial charge in [0.1, 0.15) is 11.5 Å². The van der Waals surface area contributed by atoms with E-state index in [1.54, 1.807) is 27.3 Å². The Morgan fingerprint density at radius 3 is 2.47 bits per heavy atom. The summed E-state index contributed by atoms with van der Waals surface area (Å²) in [5.41, 5.74) is 1.78. The zero-order valence-corrected chi connectivity index (χ0v) is 19.5. The molecule has 1 saturated carbocycles. The highest BCUT2D eigenvalue weighted by Gasteiger charge is 2.35. The number of carbonyl (C=O) groups excluding carboxylic acids is 1. The van der Waals surface area contributed by atoms with Crippen LogP contribution in [0.5, 0.6) is 11.5 Å². The molecule has 1 amide bonds. The van der Waals surface area contributed by atoms with Gasteiger partial charge in [0.2, 0.25) is 10.0 Å². The average Bonchev–Trinajstić information content (AvgIpc) is 3.56. The van der Waals surface area contributed by atoms with E-state index in [1.165, 1.54) is 39.9 Å². The van der Waals surface area contributed by atoms with Gasteiger partial charge < -0.3 is 9.47 Å². The van der Waals surface area contributed by atoms with E-state index in [0.717, 1.165) is 18.4 Å². The number of amides is 1. The van der Waals surface area contributed by atoms with Crippen molar-refractivity contribution in [3.8, 4) is 22.8 Å². The fraction of sp³-hybridized carbons (Fsp3) is 0.273. The Labute approximate surface area is 190 Å². The monoisotopic (exact) mass is 473 g/mol. The fourth-order valence-electron chi connectivity index (χ4n) is 3.21. The third-order valence-corrected chi connectivity index (χ3v) is 7.95. The topological polar surface area (TPSA) is 97.8 Å². The summed E-state index contributed by atoms with van der Waals surface area (Å²) >= 11 is 1.29. The maximum absolute atomic E-state index is 12.6. The minimum absolute atomic E-state index is 0.0754. The van der Waals surface area contributed by atoms with Crippen molar-refractivity contribution in [2.75, 3.05) is 26.6 Å². The molecule has 1 aliphatic rings. The van der Waals surface area contributed by atoms with E-state index in [0.29, 0.717) is 27.9 Å². The van der Waals surface area contributed by atoms with Crippen molar-refractivity contribution in [2.45, 2.75) is 23.8 Å². The quantitative estimate of drug-likeness (QED) is 0.534. The van der Waals surface area contributed by atoms with Crippen molar-refractivity contribution in [2.24, 2.45) is 0 Å². The average molecular weight is 474 g/mol. The number of nitrogens with one attached hydrogen (secondary N) is 1. The van der Waals surface area contributed by atoms with Crippen LogP contribution < -0.4 is 14.8 Å². The first-order valence-corrected chi connectivity index (χ1v) is 12.2. The number of anilines is 1. The largest absolute Gasteiger partial charge is 0.497 e. The molecule has 0 bridgehead atoms. The number of rotatable bonds is 8. The van der Waals surface area contributed by atoms with Crippen molar-refractivity contribution in [1.29, 1.82) is 0 Å². The van der Waals surface area contributed by atoms with Crippen LogP contribution in [0.2, 0.25) is 0 Å². The summed E-state index contributed by atoms with van der Waals surface area (Å²) in [6.45, 7) is 0. The summed E-state index contributed by atoms with van der Waals surface area (Å²) in [5, 5.41) is 5.01. The summed E-state index contributed by atoms with van der Waals surface area (Å²) in [6.07, 6.45) is 1.77. The highest BCUT2D eigenvalue weighted by atomic mass is 32.2. The van der Waals surface area contributed by atoms with Gasteiger partial charge in [-0.05, 0) is 49.2 Å². The molecule has 1 N–H and O–H groups in total. The predicted molar refractivity (Wildman–Crippen MR) is 123 cm³/mol. The molecule has 0 saturated heterocycles. The highest BCUT2D eigenvalue weighted by Crippen LogP contribution is 2.35. The molecule has 2 aromatic carbocycles. The normalized spacial score (nSPS) is 13.8. The Bertz CT molecular complexity index is 1230. The Balaban J connectivity index is 1.48. The van der Waals surface area contributed by atoms with Crippen molar-refractivity contribution in [3.05, 3.63) is 53.4 Å². The predicted octanol–water partition coefficient (Wildman–Crippen LogP) is 3.86. The van der Waals surface area contributed by atoms with Crippen molar-refractivity contribution >= 4 is 32.4 Å². The lowest BCUT2D eigenvalue weighted by molar-refractivity contribution is 0.102. The summed E-state index contributed by atoms with van der Waals surface area (Å²) < 4.78 is 37.3. The summed E-state index contributed by atoms with van der Waals surface area (Å²) in [7, 11) is 1.19. The summed E-state index contributed by atoms with van der Waals surface area (Å²) in [4.78, 5) is 17.3. The maximum Gasteiger partial charge on any atom is 0.257 e. The Morgan fingerprint density at radius 2 is 1.84 bits per heavy atom. The van der Waals surface area contributed by atoms with Crippen LogP contribution >= 0.6 is 11.3 Å². The standard InChI is InChI=1S/C22H23N3O5S2/c1-25(15-6-7-15)32(27,28)17-9-4-14(5-10-17)21(26)24-22-23-19(13-31-22)18-11-8-16(29-2)12-20(18)30-3/h4-5,8-13,15H,6-7H2,1-3H3,(H,23,24,26). The van der Waals surface area contributed by atoms with E-state index in [1.807, 2.05) is 17.5 Å². The molecule has 3 aromatic rings. The zero-order chi connectivity index (χ0) is 22.9. The SMILES string of the molecule is COc1ccc(-c2csc(NC(=O)c3ccc(S(=O)(=O)N(C)C4CC4)cc3)n2)c(OC)c1. The number of methoxy groups -OCH3 is 2. The van der Waals surface area contributed by atoms with E-state index in [-0.39, 0.29) is 16.8 Å². The third-order valence-electron chi connectivity index (χ3n) is 5.26. The van der Waals surface area contributed by atoms with Crippen molar-refractivity contribution < 1.29 is 22.7 Å². The van der Waals surface area contributed by atoms with E-state index in [4.69, 9.17) is 9.47 Å². The van der Waals surface area contributed by atoms with E-state index >= 15 is 0 Å². The Kier molecular flexibility index (Phi) is 6.18. The molecule has 1 aromatic heterocycles. The molecule has 0 spiro atoms. The first-order chi connectivity index (χ1) is 15.3. The van der Waals surface area contributed by atoms with Gasteiger partial charge in [-0.25, -0.2) is 13.4 Å². The zero-order valence-electron chi connectivity index (χ0n) is 17.9. The number of carbonyl (C=O) groups is 1. The van der Waals surface area contributed by atoms with Crippen molar-refractivity contribution in [1.82, 2.24) is 9.29 Å². The van der Waals surface area contributed by atoms with E-state index in [9.17, 15) is 13.2 Å². The maximum atomic E-state index is 12.6. The lowest BCUT2D eigenvalue weighted by Crippen LogP contribution is -2.29. The lowest BCUT2D eigenvalue weighted by atomic mass is 10.1. The number of ether oxygens (including phenoxy) is 2. The molecule has 168 valence electrons.